The van der Waals surface area contributed by atoms with Gasteiger partial charge in [-0.2, -0.15) is 0 Å². The highest BCUT2D eigenvalue weighted by Gasteiger charge is 2.23. The van der Waals surface area contributed by atoms with Crippen LogP contribution in [0.3, 0.4) is 0 Å². The fourth-order valence-corrected chi connectivity index (χ4v) is 2.64. The molecule has 3 rings (SSSR count). The predicted molar refractivity (Wildman–Crippen MR) is 64.0 cm³/mol. The van der Waals surface area contributed by atoms with E-state index in [1.54, 1.807) is 12.4 Å². The van der Waals surface area contributed by atoms with E-state index in [2.05, 4.69) is 27.5 Å². The monoisotopic (exact) mass is 229 g/mol. The molecule has 1 aliphatic carbocycles. The van der Waals surface area contributed by atoms with Crippen molar-refractivity contribution in [2.45, 2.75) is 32.3 Å². The normalized spacial score (nSPS) is 19.1. The van der Waals surface area contributed by atoms with Gasteiger partial charge in [0.05, 0.1) is 24.2 Å². The molecule has 1 N–H and O–H groups in total. The van der Waals surface area contributed by atoms with Crippen molar-refractivity contribution in [3.05, 3.63) is 41.7 Å². The van der Waals surface area contributed by atoms with Gasteiger partial charge in [-0.05, 0) is 32.3 Å². The fraction of sp³-hybridized carbons (Fsp3) is 0.385. The quantitative estimate of drug-likeness (QED) is 0.813. The van der Waals surface area contributed by atoms with Crippen LogP contribution in [0.15, 0.2) is 24.8 Å². The Hall–Kier alpha value is -1.68. The highest BCUT2D eigenvalue weighted by Crippen LogP contribution is 2.33. The van der Waals surface area contributed by atoms with Crippen molar-refractivity contribution < 1.29 is 5.11 Å². The fourth-order valence-electron chi connectivity index (χ4n) is 2.64. The summed E-state index contributed by atoms with van der Waals surface area (Å²) in [5.74, 6) is 0. The summed E-state index contributed by atoms with van der Waals surface area (Å²) in [5.41, 5.74) is 4.37. The van der Waals surface area contributed by atoms with Crippen LogP contribution in [0, 0.1) is 6.92 Å². The van der Waals surface area contributed by atoms with Crippen molar-refractivity contribution in [2.24, 2.45) is 0 Å². The van der Waals surface area contributed by atoms with E-state index in [0.29, 0.717) is 0 Å². The maximum Gasteiger partial charge on any atom is 0.115 e. The lowest BCUT2D eigenvalue weighted by Crippen LogP contribution is -2.11. The van der Waals surface area contributed by atoms with Gasteiger partial charge >= 0.3 is 0 Å². The summed E-state index contributed by atoms with van der Waals surface area (Å²) in [4.78, 5) is 8.11. The molecular formula is C13H15N3O. The maximum absolute atomic E-state index is 10.0. The Morgan fingerprint density at radius 3 is 2.88 bits per heavy atom. The SMILES string of the molecule is Cc1cc2c(n1-c1cncnc1)CCCC2O. The number of rotatable bonds is 1. The lowest BCUT2D eigenvalue weighted by Gasteiger charge is -2.20. The third kappa shape index (κ3) is 1.65. The van der Waals surface area contributed by atoms with Crippen LogP contribution in [0.25, 0.3) is 5.69 Å². The average molecular weight is 229 g/mol. The lowest BCUT2D eigenvalue weighted by atomic mass is 9.95. The van der Waals surface area contributed by atoms with Crippen molar-refractivity contribution in [3.63, 3.8) is 0 Å². The second-order valence-electron chi connectivity index (χ2n) is 4.53. The molecule has 2 aromatic heterocycles. The Balaban J connectivity index is 2.18. The molecule has 0 fully saturated rings. The van der Waals surface area contributed by atoms with Crippen LogP contribution in [-0.4, -0.2) is 19.6 Å². The van der Waals surface area contributed by atoms with Crippen LogP contribution in [0.4, 0.5) is 0 Å². The smallest absolute Gasteiger partial charge is 0.115 e. The molecular weight excluding hydrogens is 214 g/mol. The second-order valence-corrected chi connectivity index (χ2v) is 4.53. The Morgan fingerprint density at radius 2 is 2.12 bits per heavy atom. The average Bonchev–Trinajstić information content (AvgIpc) is 2.68. The molecule has 0 saturated heterocycles. The number of aryl methyl sites for hydroxylation is 1. The van der Waals surface area contributed by atoms with Gasteiger partial charge in [0.2, 0.25) is 0 Å². The minimum absolute atomic E-state index is 0.316. The third-order valence-corrected chi connectivity index (χ3v) is 3.38. The molecule has 0 amide bonds. The molecule has 1 atom stereocenters. The minimum Gasteiger partial charge on any atom is -0.388 e. The number of nitrogens with zero attached hydrogens (tertiary/aromatic N) is 3. The van der Waals surface area contributed by atoms with Crippen molar-refractivity contribution in [3.8, 4) is 5.69 Å². The summed E-state index contributed by atoms with van der Waals surface area (Å²) in [6.07, 6.45) is 7.73. The van der Waals surface area contributed by atoms with Crippen molar-refractivity contribution in [2.75, 3.05) is 0 Å². The molecule has 2 heterocycles. The molecule has 0 spiro atoms. The number of hydrogen-bond acceptors (Lipinski definition) is 3. The van der Waals surface area contributed by atoms with E-state index < -0.39 is 0 Å². The van der Waals surface area contributed by atoms with Crippen molar-refractivity contribution in [1.29, 1.82) is 0 Å². The zero-order valence-electron chi connectivity index (χ0n) is 9.80. The van der Waals surface area contributed by atoms with E-state index in [0.717, 1.165) is 36.2 Å². The molecule has 0 bridgehead atoms. The molecule has 2 aromatic rings. The molecule has 0 radical (unpaired) electrons. The predicted octanol–water partition coefficient (Wildman–Crippen LogP) is 1.95. The maximum atomic E-state index is 10.0. The molecule has 4 heteroatoms. The molecule has 4 nitrogen and oxygen atoms in total. The van der Waals surface area contributed by atoms with E-state index in [9.17, 15) is 5.11 Å². The number of aliphatic hydroxyl groups excluding tert-OH is 1. The standard InChI is InChI=1S/C13H15N3O/c1-9-5-11-12(3-2-4-13(11)17)16(9)10-6-14-8-15-7-10/h5-8,13,17H,2-4H2,1H3. The molecule has 88 valence electrons. The first-order chi connectivity index (χ1) is 8.27. The molecule has 17 heavy (non-hydrogen) atoms. The molecule has 0 aromatic carbocycles. The summed E-state index contributed by atoms with van der Waals surface area (Å²) in [7, 11) is 0. The van der Waals surface area contributed by atoms with E-state index in [1.165, 1.54) is 12.0 Å². The molecule has 1 aliphatic rings. The van der Waals surface area contributed by atoms with Crippen molar-refractivity contribution >= 4 is 0 Å². The van der Waals surface area contributed by atoms with Crippen LogP contribution in [0.2, 0.25) is 0 Å². The van der Waals surface area contributed by atoms with Gasteiger partial charge in [-0.3, -0.25) is 0 Å². The molecule has 0 saturated carbocycles. The first-order valence-electron chi connectivity index (χ1n) is 5.92. The van der Waals surface area contributed by atoms with Crippen LogP contribution in [-0.2, 0) is 6.42 Å². The third-order valence-electron chi connectivity index (χ3n) is 3.38. The topological polar surface area (TPSA) is 50.9 Å². The Labute approximate surface area is 100.0 Å². The van der Waals surface area contributed by atoms with Gasteiger partial charge in [0, 0.05) is 17.0 Å². The van der Waals surface area contributed by atoms with E-state index in [-0.39, 0.29) is 6.10 Å². The summed E-state index contributed by atoms with van der Waals surface area (Å²) in [6.45, 7) is 2.05. The van der Waals surface area contributed by atoms with Gasteiger partial charge < -0.3 is 9.67 Å². The Bertz CT molecular complexity index is 533. The number of fused-ring (bicyclic) bond motifs is 1. The highest BCUT2D eigenvalue weighted by atomic mass is 16.3. The second kappa shape index (κ2) is 3.96. The first-order valence-corrected chi connectivity index (χ1v) is 5.92. The van der Waals surface area contributed by atoms with Gasteiger partial charge in [0.25, 0.3) is 0 Å². The molecule has 0 aliphatic heterocycles. The van der Waals surface area contributed by atoms with E-state index >= 15 is 0 Å². The summed E-state index contributed by atoms with van der Waals surface area (Å²) >= 11 is 0. The van der Waals surface area contributed by atoms with Crippen LogP contribution >= 0.6 is 0 Å². The van der Waals surface area contributed by atoms with Gasteiger partial charge in [-0.15, -0.1) is 0 Å². The van der Waals surface area contributed by atoms with Gasteiger partial charge in [0.1, 0.15) is 6.33 Å². The zero-order valence-corrected chi connectivity index (χ0v) is 9.80. The lowest BCUT2D eigenvalue weighted by molar-refractivity contribution is 0.156. The zero-order chi connectivity index (χ0) is 11.8. The number of aromatic nitrogens is 3. The molecule has 1 unspecified atom stereocenters. The Kier molecular flexibility index (Phi) is 2.44. The van der Waals surface area contributed by atoms with Crippen molar-refractivity contribution in [1.82, 2.24) is 14.5 Å². The Morgan fingerprint density at radius 1 is 1.35 bits per heavy atom. The van der Waals surface area contributed by atoms with Gasteiger partial charge in [0.15, 0.2) is 0 Å². The van der Waals surface area contributed by atoms with Gasteiger partial charge in [-0.25, -0.2) is 9.97 Å². The number of hydrogen-bond donors (Lipinski definition) is 1. The van der Waals surface area contributed by atoms with E-state index in [1.807, 2.05) is 0 Å². The largest absolute Gasteiger partial charge is 0.388 e. The highest BCUT2D eigenvalue weighted by molar-refractivity contribution is 5.40. The summed E-state index contributed by atoms with van der Waals surface area (Å²) in [6, 6.07) is 2.08. The first kappa shape index (κ1) is 10.5. The van der Waals surface area contributed by atoms with Crippen LogP contribution in [0.5, 0.6) is 0 Å². The minimum atomic E-state index is -0.316. The van der Waals surface area contributed by atoms with Crippen LogP contribution < -0.4 is 0 Å². The number of aliphatic hydroxyl groups is 1. The van der Waals surface area contributed by atoms with Gasteiger partial charge in [-0.1, -0.05) is 0 Å². The van der Waals surface area contributed by atoms with Crippen LogP contribution in [0.1, 0.15) is 35.9 Å². The summed E-state index contributed by atoms with van der Waals surface area (Å²) in [5, 5.41) is 10.0. The summed E-state index contributed by atoms with van der Waals surface area (Å²) < 4.78 is 2.15. The van der Waals surface area contributed by atoms with E-state index in [4.69, 9.17) is 0 Å².